The van der Waals surface area contributed by atoms with Crippen LogP contribution in [-0.2, 0) is 20.0 Å². The van der Waals surface area contributed by atoms with Crippen LogP contribution < -0.4 is 16.4 Å². The smallest absolute Gasteiger partial charge is 0.321 e. The van der Waals surface area contributed by atoms with Gasteiger partial charge in [-0.25, -0.2) is 4.79 Å². The van der Waals surface area contributed by atoms with E-state index in [0.717, 1.165) is 5.56 Å². The molecule has 0 radical (unpaired) electrons. The van der Waals surface area contributed by atoms with Crippen LogP contribution in [0.1, 0.15) is 24.0 Å². The number of hydrogen-bond donors (Lipinski definition) is 3. The van der Waals surface area contributed by atoms with Gasteiger partial charge in [0, 0.05) is 41.9 Å². The topological polar surface area (TPSA) is 117 Å². The van der Waals surface area contributed by atoms with Gasteiger partial charge in [0.2, 0.25) is 11.6 Å². The summed E-state index contributed by atoms with van der Waals surface area (Å²) in [5, 5.41) is 6.20. The van der Waals surface area contributed by atoms with Gasteiger partial charge in [-0.1, -0.05) is 35.9 Å². The Morgan fingerprint density at radius 1 is 1.09 bits per heavy atom. The fraction of sp³-hybridized carbons (Fsp3) is 0.400. The second-order valence-corrected chi connectivity index (χ2v) is 9.27. The number of primary amides is 1. The monoisotopic (exact) mass is 499 g/mol. The molecule has 2 aromatic carbocycles. The average molecular weight is 500 g/mol. The van der Waals surface area contributed by atoms with Gasteiger partial charge in [-0.05, 0) is 49.6 Å². The van der Waals surface area contributed by atoms with E-state index in [1.165, 1.54) is 0 Å². The van der Waals surface area contributed by atoms with E-state index in [1.54, 1.807) is 30.3 Å². The summed E-state index contributed by atoms with van der Waals surface area (Å²) in [4.78, 5) is 42.4. The van der Waals surface area contributed by atoms with Gasteiger partial charge >= 0.3 is 6.03 Å². The molecule has 4 N–H and O–H groups in total. The molecule has 10 heteroatoms. The molecule has 2 heterocycles. The van der Waals surface area contributed by atoms with E-state index < -0.39 is 17.6 Å². The van der Waals surface area contributed by atoms with Gasteiger partial charge < -0.3 is 26.0 Å². The Morgan fingerprint density at radius 3 is 2.40 bits per heavy atom. The molecule has 2 fully saturated rings. The number of carbonyl (C=O) groups is 3. The van der Waals surface area contributed by atoms with Gasteiger partial charge in [0.05, 0.1) is 6.61 Å². The van der Waals surface area contributed by atoms with Crippen molar-refractivity contribution in [2.75, 3.05) is 38.2 Å². The first-order valence-electron chi connectivity index (χ1n) is 11.6. The Morgan fingerprint density at radius 2 is 1.77 bits per heavy atom. The van der Waals surface area contributed by atoms with Crippen LogP contribution in [0, 0.1) is 6.92 Å². The molecule has 1 unspecified atom stereocenters. The second kappa shape index (κ2) is 10.6. The van der Waals surface area contributed by atoms with Crippen LogP contribution in [0.25, 0.3) is 0 Å². The van der Waals surface area contributed by atoms with Crippen LogP contribution in [0.3, 0.4) is 0 Å². The number of ether oxygens (including phenoxy) is 1. The molecule has 186 valence electrons. The molecule has 2 saturated heterocycles. The number of benzene rings is 2. The van der Waals surface area contributed by atoms with E-state index in [0.29, 0.717) is 55.4 Å². The number of rotatable bonds is 6. The summed E-state index contributed by atoms with van der Waals surface area (Å²) in [5.74, 6) is -0.700. The minimum Gasteiger partial charge on any atom is -0.370 e. The number of halogens is 1. The second-order valence-electron chi connectivity index (χ2n) is 8.83. The molecule has 0 aromatic heterocycles. The molecule has 4 rings (SSSR count). The standard InChI is InChI=1S/C25H30ClN5O4/c1-17-4-2-3-5-21(17)25(23(27)33,29-24(34)28-19-8-6-18(26)7-9-19)30-12-10-20(11-13-30)31-14-15-35-16-22(31)32/h2-9,20H,10-16H2,1H3,(H2,27,33)(H2,28,29,34). The number of urea groups is 1. The lowest BCUT2D eigenvalue weighted by Gasteiger charge is -2.47. The van der Waals surface area contributed by atoms with Crippen LogP contribution in [0.4, 0.5) is 10.5 Å². The lowest BCUT2D eigenvalue weighted by molar-refractivity contribution is -0.148. The third kappa shape index (κ3) is 5.27. The molecule has 2 aliphatic rings. The highest BCUT2D eigenvalue weighted by molar-refractivity contribution is 6.30. The third-order valence-corrected chi connectivity index (χ3v) is 6.94. The zero-order valence-electron chi connectivity index (χ0n) is 19.6. The lowest BCUT2D eigenvalue weighted by atomic mass is 9.89. The molecule has 2 aliphatic heterocycles. The van der Waals surface area contributed by atoms with Crippen molar-refractivity contribution in [1.29, 1.82) is 0 Å². The number of aryl methyl sites for hydroxylation is 1. The number of nitrogens with two attached hydrogens (primary N) is 1. The summed E-state index contributed by atoms with van der Waals surface area (Å²) < 4.78 is 5.26. The fourth-order valence-corrected chi connectivity index (χ4v) is 5.06. The van der Waals surface area contributed by atoms with Gasteiger partial charge in [-0.2, -0.15) is 0 Å². The predicted molar refractivity (Wildman–Crippen MR) is 133 cm³/mol. The number of amides is 4. The number of anilines is 1. The van der Waals surface area contributed by atoms with Crippen molar-refractivity contribution in [1.82, 2.24) is 15.1 Å². The largest absolute Gasteiger partial charge is 0.370 e. The third-order valence-electron chi connectivity index (χ3n) is 6.69. The Bertz CT molecular complexity index is 1090. The SMILES string of the molecule is Cc1ccccc1C(NC(=O)Nc1ccc(Cl)cc1)(C(N)=O)N1CCC(N2CCOCC2=O)CC1. The van der Waals surface area contributed by atoms with Crippen molar-refractivity contribution in [3.8, 4) is 0 Å². The molecule has 4 amide bonds. The van der Waals surface area contributed by atoms with Crippen LogP contribution in [0.5, 0.6) is 0 Å². The van der Waals surface area contributed by atoms with Gasteiger partial charge in [-0.3, -0.25) is 14.5 Å². The Kier molecular flexibility index (Phi) is 7.59. The zero-order valence-corrected chi connectivity index (χ0v) is 20.4. The minimum atomic E-state index is -1.57. The minimum absolute atomic E-state index is 0.0183. The van der Waals surface area contributed by atoms with Crippen LogP contribution >= 0.6 is 11.6 Å². The van der Waals surface area contributed by atoms with E-state index >= 15 is 0 Å². The molecule has 0 saturated carbocycles. The quantitative estimate of drug-likeness (QED) is 0.564. The maximum Gasteiger partial charge on any atom is 0.321 e. The lowest BCUT2D eigenvalue weighted by Crippen LogP contribution is -2.68. The van der Waals surface area contributed by atoms with Crippen LogP contribution in [0.15, 0.2) is 48.5 Å². The van der Waals surface area contributed by atoms with Crippen molar-refractivity contribution in [2.24, 2.45) is 5.73 Å². The van der Waals surface area contributed by atoms with Crippen LogP contribution in [-0.4, -0.2) is 66.5 Å². The Hall–Kier alpha value is -3.14. The molecule has 9 nitrogen and oxygen atoms in total. The number of likely N-dealkylation sites (tertiary alicyclic amines) is 1. The number of nitrogens with one attached hydrogen (secondary N) is 2. The van der Waals surface area contributed by atoms with Gasteiger partial charge in [0.25, 0.3) is 5.91 Å². The summed E-state index contributed by atoms with van der Waals surface area (Å²) in [7, 11) is 0. The summed E-state index contributed by atoms with van der Waals surface area (Å²) in [6.45, 7) is 3.99. The van der Waals surface area contributed by atoms with E-state index in [1.807, 2.05) is 34.9 Å². The van der Waals surface area contributed by atoms with E-state index in [9.17, 15) is 14.4 Å². The highest BCUT2D eigenvalue weighted by Gasteiger charge is 2.48. The van der Waals surface area contributed by atoms with Crippen molar-refractivity contribution < 1.29 is 19.1 Å². The van der Waals surface area contributed by atoms with Gasteiger partial charge in [0.15, 0.2) is 0 Å². The average Bonchev–Trinajstić information content (AvgIpc) is 2.85. The van der Waals surface area contributed by atoms with E-state index in [4.69, 9.17) is 22.1 Å². The highest BCUT2D eigenvalue weighted by Crippen LogP contribution is 2.33. The normalized spacial score (nSPS) is 19.1. The molecular formula is C25H30ClN5O4. The molecule has 0 bridgehead atoms. The summed E-state index contributed by atoms with van der Waals surface area (Å²) in [6.07, 6.45) is 1.29. The molecule has 2 aromatic rings. The summed E-state index contributed by atoms with van der Waals surface area (Å²) >= 11 is 5.94. The van der Waals surface area contributed by atoms with Crippen LogP contribution in [0.2, 0.25) is 5.02 Å². The summed E-state index contributed by atoms with van der Waals surface area (Å²) in [5.41, 5.74) is 6.44. The van der Waals surface area contributed by atoms with Crippen molar-refractivity contribution in [3.05, 3.63) is 64.7 Å². The zero-order chi connectivity index (χ0) is 25.0. The van der Waals surface area contributed by atoms with E-state index in [-0.39, 0.29) is 18.6 Å². The maximum atomic E-state index is 13.2. The number of carbonyl (C=O) groups excluding carboxylic acids is 3. The van der Waals surface area contributed by atoms with E-state index in [2.05, 4.69) is 10.6 Å². The fourth-order valence-electron chi connectivity index (χ4n) is 4.93. The van der Waals surface area contributed by atoms with Crippen molar-refractivity contribution in [3.63, 3.8) is 0 Å². The van der Waals surface area contributed by atoms with Crippen molar-refractivity contribution >= 4 is 35.1 Å². The van der Waals surface area contributed by atoms with Crippen molar-refractivity contribution in [2.45, 2.75) is 31.5 Å². The number of piperidine rings is 1. The summed E-state index contributed by atoms with van der Waals surface area (Å²) in [6, 6.07) is 13.5. The van der Waals surface area contributed by atoms with Gasteiger partial charge in [-0.15, -0.1) is 0 Å². The predicted octanol–water partition coefficient (Wildman–Crippen LogP) is 2.43. The number of hydrogen-bond acceptors (Lipinski definition) is 5. The molecule has 0 spiro atoms. The Balaban J connectivity index is 1.61. The first-order valence-corrected chi connectivity index (χ1v) is 12.0. The molecule has 1 atom stereocenters. The number of morpholine rings is 1. The molecule has 35 heavy (non-hydrogen) atoms. The van der Waals surface area contributed by atoms with Gasteiger partial charge in [0.1, 0.15) is 6.61 Å². The molecule has 0 aliphatic carbocycles. The Labute approximate surface area is 209 Å². The highest BCUT2D eigenvalue weighted by atomic mass is 35.5. The maximum absolute atomic E-state index is 13.2. The molecular weight excluding hydrogens is 470 g/mol. The first-order chi connectivity index (χ1) is 16.8. The number of nitrogens with zero attached hydrogens (tertiary/aromatic N) is 2. The first kappa shape index (κ1) is 25.0.